The maximum Gasteiger partial charge on any atom is 0.308 e. The van der Waals surface area contributed by atoms with Gasteiger partial charge in [0, 0.05) is 23.2 Å². The van der Waals surface area contributed by atoms with Crippen molar-refractivity contribution in [3.05, 3.63) is 69.5 Å². The van der Waals surface area contributed by atoms with Crippen LogP contribution in [-0.4, -0.2) is 46.7 Å². The number of carbonyl (C=O) groups excluding carboxylic acids is 4. The lowest BCUT2D eigenvalue weighted by Gasteiger charge is -2.13. The van der Waals surface area contributed by atoms with Gasteiger partial charge in [-0.25, -0.2) is 4.98 Å². The van der Waals surface area contributed by atoms with Gasteiger partial charge in [-0.05, 0) is 38.1 Å². The number of nitrogens with zero attached hydrogens (tertiary/aromatic N) is 2. The minimum absolute atomic E-state index is 0.110. The van der Waals surface area contributed by atoms with E-state index in [4.69, 9.17) is 4.74 Å². The quantitative estimate of drug-likeness (QED) is 0.424. The number of benzene rings is 2. The van der Waals surface area contributed by atoms with Crippen LogP contribution < -0.4 is 5.32 Å². The second-order valence-electron chi connectivity index (χ2n) is 7.60. The monoisotopic (exact) mass is 463 g/mol. The molecular formula is C24H21N3O5S. The van der Waals surface area contributed by atoms with Gasteiger partial charge < -0.3 is 10.1 Å². The fraction of sp³-hybridized carbons (Fsp3) is 0.208. The van der Waals surface area contributed by atoms with Crippen LogP contribution in [0.3, 0.4) is 0 Å². The van der Waals surface area contributed by atoms with Crippen molar-refractivity contribution in [2.24, 2.45) is 0 Å². The summed E-state index contributed by atoms with van der Waals surface area (Å²) in [6, 6.07) is 12.2. The number of hydrogen-bond donors (Lipinski definition) is 1. The summed E-state index contributed by atoms with van der Waals surface area (Å²) in [6.45, 7) is 3.17. The number of carbonyl (C=O) groups is 4. The van der Waals surface area contributed by atoms with Crippen LogP contribution >= 0.6 is 11.3 Å². The number of aromatic nitrogens is 1. The molecular weight excluding hydrogens is 442 g/mol. The number of hydrogen-bond acceptors (Lipinski definition) is 7. The molecule has 0 fully saturated rings. The van der Waals surface area contributed by atoms with Crippen LogP contribution in [0.15, 0.2) is 47.8 Å². The molecule has 1 aromatic heterocycles. The Hall–Kier alpha value is -3.85. The Balaban J connectivity index is 1.26. The van der Waals surface area contributed by atoms with E-state index in [1.807, 2.05) is 25.3 Å². The average Bonchev–Trinajstić information content (AvgIpc) is 3.32. The van der Waals surface area contributed by atoms with Gasteiger partial charge in [-0.1, -0.05) is 23.8 Å². The molecule has 1 aliphatic rings. The molecule has 1 aliphatic heterocycles. The molecule has 3 aromatic rings. The Labute approximate surface area is 194 Å². The van der Waals surface area contributed by atoms with E-state index in [1.165, 1.54) is 11.3 Å². The molecule has 0 unspecified atom stereocenters. The van der Waals surface area contributed by atoms with Gasteiger partial charge in [-0.2, -0.15) is 0 Å². The zero-order valence-electron chi connectivity index (χ0n) is 18.1. The first kappa shape index (κ1) is 22.3. The summed E-state index contributed by atoms with van der Waals surface area (Å²) < 4.78 is 5.01. The molecule has 9 heteroatoms. The first-order valence-corrected chi connectivity index (χ1v) is 11.1. The number of thiazole rings is 1. The third-order valence-electron chi connectivity index (χ3n) is 5.09. The highest BCUT2D eigenvalue weighted by Gasteiger charge is 2.35. The van der Waals surface area contributed by atoms with Gasteiger partial charge in [0.25, 0.3) is 17.7 Å². The molecule has 1 N–H and O–H groups in total. The highest BCUT2D eigenvalue weighted by Crippen LogP contribution is 2.25. The van der Waals surface area contributed by atoms with E-state index in [2.05, 4.69) is 10.3 Å². The number of ether oxygens (including phenoxy) is 1. The smallest absolute Gasteiger partial charge is 0.308 e. The summed E-state index contributed by atoms with van der Waals surface area (Å²) >= 11 is 1.54. The van der Waals surface area contributed by atoms with Crippen molar-refractivity contribution < 1.29 is 23.9 Å². The maximum atomic E-state index is 12.5. The van der Waals surface area contributed by atoms with Gasteiger partial charge >= 0.3 is 5.97 Å². The van der Waals surface area contributed by atoms with Crippen molar-refractivity contribution in [1.29, 1.82) is 0 Å². The van der Waals surface area contributed by atoms with Crippen molar-refractivity contribution in [2.45, 2.75) is 20.3 Å². The van der Waals surface area contributed by atoms with Crippen LogP contribution in [-0.2, 0) is 14.3 Å². The first-order valence-electron chi connectivity index (χ1n) is 10.3. The fourth-order valence-electron chi connectivity index (χ4n) is 3.48. The van der Waals surface area contributed by atoms with E-state index in [-0.39, 0.29) is 13.0 Å². The van der Waals surface area contributed by atoms with Gasteiger partial charge in [-0.15, -0.1) is 11.3 Å². The van der Waals surface area contributed by atoms with Gasteiger partial charge in [0.15, 0.2) is 6.61 Å². The standard InChI is InChI=1S/C24H21N3O5S/c1-14-6-7-18-19(10-14)24(31)27(23(18)30)9-8-22(29)32-12-21(28)26-17-5-3-4-16(11-17)20-13-33-15(2)25-20/h3-7,10-11,13H,8-9,12H2,1-2H3,(H,26,28). The largest absolute Gasteiger partial charge is 0.456 e. The number of fused-ring (bicyclic) bond motifs is 1. The summed E-state index contributed by atoms with van der Waals surface area (Å²) in [7, 11) is 0. The Bertz CT molecular complexity index is 1270. The number of imide groups is 1. The lowest BCUT2D eigenvalue weighted by molar-refractivity contribution is -0.147. The Morgan fingerprint density at radius 1 is 1.06 bits per heavy atom. The molecule has 4 rings (SSSR count). The molecule has 0 aliphatic carbocycles. The average molecular weight is 464 g/mol. The van der Waals surface area contributed by atoms with Crippen LogP contribution in [0, 0.1) is 13.8 Å². The molecule has 0 saturated heterocycles. The fourth-order valence-corrected chi connectivity index (χ4v) is 4.10. The minimum atomic E-state index is -0.676. The van der Waals surface area contributed by atoms with E-state index in [9.17, 15) is 19.2 Å². The van der Waals surface area contributed by atoms with Gasteiger partial charge in [0.2, 0.25) is 0 Å². The molecule has 8 nitrogen and oxygen atoms in total. The van der Waals surface area contributed by atoms with Crippen LogP contribution in [0.25, 0.3) is 11.3 Å². The second-order valence-corrected chi connectivity index (χ2v) is 8.66. The van der Waals surface area contributed by atoms with E-state index < -0.39 is 30.3 Å². The second kappa shape index (κ2) is 9.33. The highest BCUT2D eigenvalue weighted by atomic mass is 32.1. The molecule has 168 valence electrons. The third kappa shape index (κ3) is 4.98. The number of nitrogens with one attached hydrogen (secondary N) is 1. The normalized spacial score (nSPS) is 12.6. The number of amides is 3. The number of aryl methyl sites for hydroxylation is 2. The van der Waals surface area contributed by atoms with E-state index in [0.29, 0.717) is 16.8 Å². The van der Waals surface area contributed by atoms with Crippen molar-refractivity contribution in [2.75, 3.05) is 18.5 Å². The molecule has 33 heavy (non-hydrogen) atoms. The Kier molecular flexibility index (Phi) is 6.32. The molecule has 0 atom stereocenters. The van der Waals surface area contributed by atoms with Crippen LogP contribution in [0.2, 0.25) is 0 Å². The SMILES string of the molecule is Cc1ccc2c(c1)C(=O)N(CCC(=O)OCC(=O)Nc1cccc(-c3csc(C)n3)c1)C2=O. The summed E-state index contributed by atoms with van der Waals surface area (Å²) in [5.74, 6) is -2.04. The predicted octanol–water partition coefficient (Wildman–Crippen LogP) is 3.59. The molecule has 2 heterocycles. The lowest BCUT2D eigenvalue weighted by atomic mass is 10.1. The van der Waals surface area contributed by atoms with Gasteiger partial charge in [-0.3, -0.25) is 24.1 Å². The highest BCUT2D eigenvalue weighted by molar-refractivity contribution is 7.09. The zero-order chi connectivity index (χ0) is 23.5. The lowest BCUT2D eigenvalue weighted by Crippen LogP contribution is -2.32. The summed E-state index contributed by atoms with van der Waals surface area (Å²) in [5.41, 5.74) is 3.78. The molecule has 0 saturated carbocycles. The number of anilines is 1. The van der Waals surface area contributed by atoms with Crippen molar-refractivity contribution in [3.63, 3.8) is 0 Å². The molecule has 0 spiro atoms. The summed E-state index contributed by atoms with van der Waals surface area (Å²) in [6.07, 6.45) is -0.198. The predicted molar refractivity (Wildman–Crippen MR) is 123 cm³/mol. The van der Waals surface area contributed by atoms with E-state index in [1.54, 1.807) is 36.4 Å². The molecule has 0 bridgehead atoms. The zero-order valence-corrected chi connectivity index (χ0v) is 18.9. The summed E-state index contributed by atoms with van der Waals surface area (Å²) in [4.78, 5) is 54.6. The minimum Gasteiger partial charge on any atom is -0.456 e. The molecule has 2 aromatic carbocycles. The molecule has 3 amide bonds. The van der Waals surface area contributed by atoms with Crippen molar-refractivity contribution in [3.8, 4) is 11.3 Å². The van der Waals surface area contributed by atoms with E-state index >= 15 is 0 Å². The van der Waals surface area contributed by atoms with Gasteiger partial charge in [0.05, 0.1) is 28.2 Å². The maximum absolute atomic E-state index is 12.5. The number of rotatable bonds is 7. The van der Waals surface area contributed by atoms with Crippen LogP contribution in [0.5, 0.6) is 0 Å². The van der Waals surface area contributed by atoms with E-state index in [0.717, 1.165) is 26.7 Å². The van der Waals surface area contributed by atoms with Gasteiger partial charge in [0.1, 0.15) is 0 Å². The third-order valence-corrected chi connectivity index (χ3v) is 5.86. The number of esters is 1. The van der Waals surface area contributed by atoms with Crippen molar-refractivity contribution in [1.82, 2.24) is 9.88 Å². The first-order chi connectivity index (χ1) is 15.8. The van der Waals surface area contributed by atoms with Crippen molar-refractivity contribution >= 4 is 40.7 Å². The summed E-state index contributed by atoms with van der Waals surface area (Å²) in [5, 5.41) is 5.57. The van der Waals surface area contributed by atoms with Crippen LogP contribution in [0.1, 0.15) is 37.7 Å². The Morgan fingerprint density at radius 2 is 1.85 bits per heavy atom. The topological polar surface area (TPSA) is 106 Å². The van der Waals surface area contributed by atoms with Crippen LogP contribution in [0.4, 0.5) is 5.69 Å². The molecule has 0 radical (unpaired) electrons. The Morgan fingerprint density at radius 3 is 2.61 bits per heavy atom.